The third-order valence-corrected chi connectivity index (χ3v) is 2.46. The van der Waals surface area contributed by atoms with Crippen LogP contribution in [0.2, 0.25) is 0 Å². The monoisotopic (exact) mass is 206 g/mol. The van der Waals surface area contributed by atoms with Crippen molar-refractivity contribution in [3.63, 3.8) is 0 Å². The summed E-state index contributed by atoms with van der Waals surface area (Å²) < 4.78 is 0. The lowest BCUT2D eigenvalue weighted by Crippen LogP contribution is -2.03. The van der Waals surface area contributed by atoms with Gasteiger partial charge in [0, 0.05) is 0 Å². The zero-order chi connectivity index (χ0) is 11.3. The Morgan fingerprint density at radius 2 is 1.87 bits per heavy atom. The van der Waals surface area contributed by atoms with Crippen LogP contribution >= 0.6 is 0 Å². The summed E-state index contributed by atoms with van der Waals surface area (Å²) in [5.74, 6) is -0.809. The normalized spacial score (nSPS) is 10.3. The lowest BCUT2D eigenvalue weighted by molar-refractivity contribution is 0.0695. The van der Waals surface area contributed by atoms with Crippen LogP contribution in [0, 0.1) is 0 Å². The Hall–Kier alpha value is -1.31. The molecule has 2 nitrogen and oxygen atoms in total. The number of carboxylic acid groups (broad SMARTS) is 1. The zero-order valence-electron chi connectivity index (χ0n) is 9.42. The van der Waals surface area contributed by atoms with E-state index in [-0.39, 0.29) is 0 Å². The standard InChI is InChI=1S/C13H18O2/c1-3-5-10-7-8-11(6-4-2)12(9-10)13(14)15/h7-9H,3-6H2,1-2H3,(H,14,15). The fourth-order valence-corrected chi connectivity index (χ4v) is 1.75. The van der Waals surface area contributed by atoms with Gasteiger partial charge >= 0.3 is 5.97 Å². The van der Waals surface area contributed by atoms with Gasteiger partial charge in [0.25, 0.3) is 0 Å². The van der Waals surface area contributed by atoms with Crippen molar-refractivity contribution in [1.29, 1.82) is 0 Å². The van der Waals surface area contributed by atoms with Crippen LogP contribution in [-0.2, 0) is 12.8 Å². The summed E-state index contributed by atoms with van der Waals surface area (Å²) in [7, 11) is 0. The van der Waals surface area contributed by atoms with Crippen molar-refractivity contribution in [2.24, 2.45) is 0 Å². The number of carbonyl (C=O) groups is 1. The highest BCUT2D eigenvalue weighted by molar-refractivity contribution is 5.89. The first kappa shape index (κ1) is 11.8. The number of benzene rings is 1. The van der Waals surface area contributed by atoms with Crippen molar-refractivity contribution in [1.82, 2.24) is 0 Å². The van der Waals surface area contributed by atoms with E-state index in [0.717, 1.165) is 36.8 Å². The Morgan fingerprint density at radius 3 is 2.40 bits per heavy atom. The van der Waals surface area contributed by atoms with Gasteiger partial charge in [-0.05, 0) is 30.0 Å². The van der Waals surface area contributed by atoms with E-state index in [9.17, 15) is 4.79 Å². The van der Waals surface area contributed by atoms with E-state index in [4.69, 9.17) is 5.11 Å². The molecule has 1 rings (SSSR count). The SMILES string of the molecule is CCCc1ccc(CCC)c(C(=O)O)c1. The van der Waals surface area contributed by atoms with Crippen molar-refractivity contribution >= 4 is 5.97 Å². The summed E-state index contributed by atoms with van der Waals surface area (Å²) in [5, 5.41) is 9.08. The van der Waals surface area contributed by atoms with Crippen LogP contribution in [-0.4, -0.2) is 11.1 Å². The summed E-state index contributed by atoms with van der Waals surface area (Å²) in [6.45, 7) is 4.16. The Balaban J connectivity index is 3.03. The van der Waals surface area contributed by atoms with E-state index in [1.165, 1.54) is 0 Å². The molecule has 1 aromatic rings. The first-order valence-electron chi connectivity index (χ1n) is 5.54. The second kappa shape index (κ2) is 5.54. The van der Waals surface area contributed by atoms with Gasteiger partial charge < -0.3 is 5.11 Å². The number of hydrogen-bond donors (Lipinski definition) is 1. The first-order valence-corrected chi connectivity index (χ1v) is 5.54. The topological polar surface area (TPSA) is 37.3 Å². The second-order valence-electron chi connectivity index (χ2n) is 3.80. The minimum absolute atomic E-state index is 0.475. The van der Waals surface area contributed by atoms with Crippen molar-refractivity contribution in [2.75, 3.05) is 0 Å². The average molecular weight is 206 g/mol. The zero-order valence-corrected chi connectivity index (χ0v) is 9.42. The molecule has 1 N–H and O–H groups in total. The van der Waals surface area contributed by atoms with Crippen LogP contribution in [0.15, 0.2) is 18.2 Å². The predicted molar refractivity (Wildman–Crippen MR) is 61.4 cm³/mol. The van der Waals surface area contributed by atoms with Crippen molar-refractivity contribution in [3.8, 4) is 0 Å². The lowest BCUT2D eigenvalue weighted by Gasteiger charge is -2.07. The van der Waals surface area contributed by atoms with Crippen LogP contribution < -0.4 is 0 Å². The first-order chi connectivity index (χ1) is 7.19. The van der Waals surface area contributed by atoms with Crippen molar-refractivity contribution in [2.45, 2.75) is 39.5 Å². The molecule has 0 aliphatic heterocycles. The van der Waals surface area contributed by atoms with Gasteiger partial charge in [-0.2, -0.15) is 0 Å². The van der Waals surface area contributed by atoms with Crippen LogP contribution in [0.5, 0.6) is 0 Å². The largest absolute Gasteiger partial charge is 0.478 e. The molecule has 0 saturated carbocycles. The minimum Gasteiger partial charge on any atom is -0.478 e. The van der Waals surface area contributed by atoms with E-state index in [0.29, 0.717) is 5.56 Å². The molecule has 15 heavy (non-hydrogen) atoms. The molecule has 0 unspecified atom stereocenters. The van der Waals surface area contributed by atoms with Gasteiger partial charge in [-0.15, -0.1) is 0 Å². The molecule has 0 fully saturated rings. The number of carboxylic acids is 1. The van der Waals surface area contributed by atoms with Crippen molar-refractivity contribution in [3.05, 3.63) is 34.9 Å². The summed E-state index contributed by atoms with van der Waals surface area (Å²) in [4.78, 5) is 11.1. The molecule has 0 aliphatic carbocycles. The molecule has 0 aromatic heterocycles. The molecule has 0 atom stereocenters. The van der Waals surface area contributed by atoms with Gasteiger partial charge in [0.15, 0.2) is 0 Å². The molecule has 0 saturated heterocycles. The molecule has 0 spiro atoms. The predicted octanol–water partition coefficient (Wildman–Crippen LogP) is 3.29. The van der Waals surface area contributed by atoms with Gasteiger partial charge in [0.1, 0.15) is 0 Å². The van der Waals surface area contributed by atoms with E-state index in [1.54, 1.807) is 0 Å². The van der Waals surface area contributed by atoms with Crippen LogP contribution in [0.1, 0.15) is 48.2 Å². The maximum atomic E-state index is 11.1. The molecule has 1 aromatic carbocycles. The van der Waals surface area contributed by atoms with E-state index < -0.39 is 5.97 Å². The summed E-state index contributed by atoms with van der Waals surface area (Å²) in [6.07, 6.45) is 3.82. The minimum atomic E-state index is -0.809. The van der Waals surface area contributed by atoms with Gasteiger partial charge in [0.2, 0.25) is 0 Å². The number of aromatic carboxylic acids is 1. The van der Waals surface area contributed by atoms with Crippen molar-refractivity contribution < 1.29 is 9.90 Å². The van der Waals surface area contributed by atoms with Gasteiger partial charge in [-0.3, -0.25) is 0 Å². The summed E-state index contributed by atoms with van der Waals surface area (Å²) in [6, 6.07) is 5.82. The Bertz CT molecular complexity index is 342. The molecule has 82 valence electrons. The molecule has 0 aliphatic rings. The van der Waals surface area contributed by atoms with Gasteiger partial charge in [0.05, 0.1) is 5.56 Å². The van der Waals surface area contributed by atoms with E-state index >= 15 is 0 Å². The Labute approximate surface area is 90.9 Å². The molecule has 0 bridgehead atoms. The molecule has 2 heteroatoms. The van der Waals surface area contributed by atoms with E-state index in [1.807, 2.05) is 18.2 Å². The average Bonchev–Trinajstić information content (AvgIpc) is 2.21. The van der Waals surface area contributed by atoms with Crippen LogP contribution in [0.4, 0.5) is 0 Å². The number of hydrogen-bond acceptors (Lipinski definition) is 1. The molecule has 0 radical (unpaired) electrons. The molecular formula is C13H18O2. The maximum absolute atomic E-state index is 11.1. The molecule has 0 heterocycles. The van der Waals surface area contributed by atoms with E-state index in [2.05, 4.69) is 13.8 Å². The fourth-order valence-electron chi connectivity index (χ4n) is 1.75. The van der Waals surface area contributed by atoms with Gasteiger partial charge in [-0.25, -0.2) is 4.79 Å². The summed E-state index contributed by atoms with van der Waals surface area (Å²) in [5.41, 5.74) is 2.54. The highest BCUT2D eigenvalue weighted by atomic mass is 16.4. The maximum Gasteiger partial charge on any atom is 0.335 e. The highest BCUT2D eigenvalue weighted by Gasteiger charge is 2.09. The third-order valence-electron chi connectivity index (χ3n) is 2.46. The molecular weight excluding hydrogens is 188 g/mol. The number of aryl methyl sites for hydroxylation is 2. The Kier molecular flexibility index (Phi) is 4.35. The highest BCUT2D eigenvalue weighted by Crippen LogP contribution is 2.15. The third kappa shape index (κ3) is 3.08. The van der Waals surface area contributed by atoms with Crippen LogP contribution in [0.25, 0.3) is 0 Å². The summed E-state index contributed by atoms with van der Waals surface area (Å²) >= 11 is 0. The Morgan fingerprint density at radius 1 is 1.20 bits per heavy atom. The number of rotatable bonds is 5. The molecule has 0 amide bonds. The quantitative estimate of drug-likeness (QED) is 0.802. The fraction of sp³-hybridized carbons (Fsp3) is 0.462. The van der Waals surface area contributed by atoms with Gasteiger partial charge in [-0.1, -0.05) is 38.8 Å². The smallest absolute Gasteiger partial charge is 0.335 e. The lowest BCUT2D eigenvalue weighted by atomic mass is 9.98. The second-order valence-corrected chi connectivity index (χ2v) is 3.80. The van der Waals surface area contributed by atoms with Crippen LogP contribution in [0.3, 0.4) is 0 Å².